The summed E-state index contributed by atoms with van der Waals surface area (Å²) in [5.74, 6) is 0.299. The Kier molecular flexibility index (Phi) is 8.47. The smallest absolute Gasteiger partial charge is 0.243 e. The van der Waals surface area contributed by atoms with E-state index in [9.17, 15) is 8.42 Å². The first-order chi connectivity index (χ1) is 13.4. The van der Waals surface area contributed by atoms with E-state index in [1.54, 1.807) is 22.5 Å². The van der Waals surface area contributed by atoms with Crippen LogP contribution in [0.2, 0.25) is 0 Å². The molecule has 29 heavy (non-hydrogen) atoms. The van der Waals surface area contributed by atoms with Crippen LogP contribution in [-0.4, -0.2) is 31.8 Å². The number of guanidine groups is 1. The highest BCUT2D eigenvalue weighted by Gasteiger charge is 2.25. The molecular weight excluding hydrogens is 499 g/mol. The predicted octanol–water partition coefficient (Wildman–Crippen LogP) is 4.02. The van der Waals surface area contributed by atoms with Gasteiger partial charge in [0.1, 0.15) is 0 Å². The lowest BCUT2D eigenvalue weighted by atomic mass is 10.1. The van der Waals surface area contributed by atoms with Crippen molar-refractivity contribution in [1.82, 2.24) is 4.31 Å². The fourth-order valence-electron chi connectivity index (χ4n) is 3.24. The lowest BCUT2D eigenvalue weighted by molar-refractivity contribution is 0.346. The highest BCUT2D eigenvalue weighted by atomic mass is 127. The number of rotatable bonds is 5. The van der Waals surface area contributed by atoms with E-state index in [4.69, 9.17) is 5.73 Å². The molecule has 3 rings (SSSR count). The Hall–Kier alpha value is -1.65. The second kappa shape index (κ2) is 10.4. The summed E-state index contributed by atoms with van der Waals surface area (Å²) in [4.78, 5) is 4.67. The van der Waals surface area contributed by atoms with Gasteiger partial charge in [-0.1, -0.05) is 24.6 Å². The monoisotopic (exact) mass is 528 g/mol. The summed E-state index contributed by atoms with van der Waals surface area (Å²) in [6.07, 6.45) is 2.93. The Morgan fingerprint density at radius 2 is 1.79 bits per heavy atom. The molecular formula is C21H29IN4O2S. The van der Waals surface area contributed by atoms with Crippen LogP contribution in [0.25, 0.3) is 0 Å². The molecule has 158 valence electrons. The lowest BCUT2D eigenvalue weighted by Crippen LogP contribution is -2.35. The zero-order chi connectivity index (χ0) is 20.1. The first-order valence-corrected chi connectivity index (χ1v) is 11.0. The van der Waals surface area contributed by atoms with Crippen LogP contribution in [0.4, 0.5) is 5.69 Å². The topological polar surface area (TPSA) is 87.8 Å². The first kappa shape index (κ1) is 23.6. The molecule has 0 unspecified atom stereocenters. The van der Waals surface area contributed by atoms with E-state index >= 15 is 0 Å². The zero-order valence-corrected chi connectivity index (χ0v) is 20.0. The van der Waals surface area contributed by atoms with Gasteiger partial charge in [-0.3, -0.25) is 0 Å². The highest BCUT2D eigenvalue weighted by molar-refractivity contribution is 14.0. The van der Waals surface area contributed by atoms with Crippen LogP contribution in [0.3, 0.4) is 0 Å². The van der Waals surface area contributed by atoms with Crippen molar-refractivity contribution in [3.8, 4) is 0 Å². The number of benzene rings is 2. The molecule has 1 fully saturated rings. The van der Waals surface area contributed by atoms with Crippen molar-refractivity contribution in [2.45, 2.75) is 44.6 Å². The number of nitrogens with zero attached hydrogens (tertiary/aromatic N) is 2. The summed E-state index contributed by atoms with van der Waals surface area (Å²) in [5.41, 5.74) is 10.1. The average molecular weight is 528 g/mol. The number of aliphatic imine (C=N–C) groups is 1. The van der Waals surface area contributed by atoms with E-state index in [1.807, 2.05) is 31.2 Å². The normalized spacial score (nSPS) is 15.6. The van der Waals surface area contributed by atoms with Gasteiger partial charge in [0.2, 0.25) is 10.0 Å². The largest absolute Gasteiger partial charge is 0.370 e. The van der Waals surface area contributed by atoms with Crippen molar-refractivity contribution in [3.05, 3.63) is 59.2 Å². The second-order valence-corrected chi connectivity index (χ2v) is 9.18. The van der Waals surface area contributed by atoms with E-state index in [1.165, 1.54) is 11.1 Å². The van der Waals surface area contributed by atoms with Crippen molar-refractivity contribution >= 4 is 45.6 Å². The third-order valence-electron chi connectivity index (χ3n) is 5.06. The van der Waals surface area contributed by atoms with Gasteiger partial charge in [0.15, 0.2) is 5.96 Å². The molecule has 2 aromatic carbocycles. The molecule has 6 nitrogen and oxygen atoms in total. The Labute approximate surface area is 190 Å². The second-order valence-electron chi connectivity index (χ2n) is 7.24. The summed E-state index contributed by atoms with van der Waals surface area (Å²) in [6.45, 7) is 5.60. The third kappa shape index (κ3) is 6.16. The minimum atomic E-state index is -3.44. The van der Waals surface area contributed by atoms with Crippen LogP contribution in [0.5, 0.6) is 0 Å². The maximum Gasteiger partial charge on any atom is 0.243 e. The number of nitrogens with two attached hydrogens (primary N) is 1. The average Bonchev–Trinajstić information content (AvgIpc) is 2.70. The van der Waals surface area contributed by atoms with Crippen molar-refractivity contribution in [2.24, 2.45) is 10.7 Å². The van der Waals surface area contributed by atoms with Gasteiger partial charge < -0.3 is 11.1 Å². The molecule has 0 amide bonds. The van der Waals surface area contributed by atoms with E-state index in [2.05, 4.69) is 17.2 Å². The minimum absolute atomic E-state index is 0. The molecule has 0 aromatic heterocycles. The molecule has 0 spiro atoms. The first-order valence-electron chi connectivity index (χ1n) is 9.59. The third-order valence-corrected chi connectivity index (χ3v) is 6.96. The van der Waals surface area contributed by atoms with Crippen LogP contribution in [0.15, 0.2) is 52.4 Å². The summed E-state index contributed by atoms with van der Waals surface area (Å²) < 4.78 is 27.2. The molecule has 1 aliphatic rings. The highest BCUT2D eigenvalue weighted by Crippen LogP contribution is 2.21. The van der Waals surface area contributed by atoms with E-state index < -0.39 is 10.0 Å². The summed E-state index contributed by atoms with van der Waals surface area (Å²) in [7, 11) is -3.44. The Morgan fingerprint density at radius 1 is 1.07 bits per heavy atom. The molecule has 0 radical (unpaired) electrons. The molecule has 8 heteroatoms. The van der Waals surface area contributed by atoms with E-state index in [-0.39, 0.29) is 24.0 Å². The maximum absolute atomic E-state index is 12.8. The number of hydrogen-bond acceptors (Lipinski definition) is 3. The molecule has 0 saturated carbocycles. The molecule has 3 N–H and O–H groups in total. The number of nitrogens with one attached hydrogen (secondary N) is 1. The van der Waals surface area contributed by atoms with Crippen LogP contribution in [0, 0.1) is 13.8 Å². The molecule has 0 bridgehead atoms. The van der Waals surface area contributed by atoms with Crippen molar-refractivity contribution < 1.29 is 8.42 Å². The molecule has 1 heterocycles. The number of hydrogen-bond donors (Lipinski definition) is 2. The fourth-order valence-corrected chi connectivity index (χ4v) is 4.83. The van der Waals surface area contributed by atoms with Crippen LogP contribution >= 0.6 is 24.0 Å². The predicted molar refractivity (Wildman–Crippen MR) is 129 cm³/mol. The summed E-state index contributed by atoms with van der Waals surface area (Å²) in [6, 6.07) is 13.0. The SMILES string of the molecule is Cc1ccc(NC(N)=NCc2cccc(S(=O)(=O)N3CCCCC3)c2)cc1C.I. The Bertz CT molecular complexity index is 970. The van der Waals surface area contributed by atoms with Gasteiger partial charge in [0.05, 0.1) is 11.4 Å². The van der Waals surface area contributed by atoms with Gasteiger partial charge in [-0.25, -0.2) is 13.4 Å². The molecule has 2 aromatic rings. The zero-order valence-electron chi connectivity index (χ0n) is 16.9. The quantitative estimate of drug-likeness (QED) is 0.349. The van der Waals surface area contributed by atoms with Gasteiger partial charge in [-0.2, -0.15) is 4.31 Å². The number of aryl methyl sites for hydroxylation is 2. The lowest BCUT2D eigenvalue weighted by Gasteiger charge is -2.26. The number of anilines is 1. The molecule has 0 atom stereocenters. The van der Waals surface area contributed by atoms with E-state index in [0.29, 0.717) is 30.5 Å². The van der Waals surface area contributed by atoms with Gasteiger partial charge in [0, 0.05) is 18.8 Å². The Morgan fingerprint density at radius 3 is 2.48 bits per heavy atom. The van der Waals surface area contributed by atoms with Crippen LogP contribution in [0.1, 0.15) is 36.0 Å². The van der Waals surface area contributed by atoms with Crippen LogP contribution < -0.4 is 11.1 Å². The van der Waals surface area contributed by atoms with Crippen molar-refractivity contribution in [2.75, 3.05) is 18.4 Å². The van der Waals surface area contributed by atoms with Gasteiger partial charge >= 0.3 is 0 Å². The van der Waals surface area contributed by atoms with Gasteiger partial charge in [-0.15, -0.1) is 24.0 Å². The van der Waals surface area contributed by atoms with Crippen molar-refractivity contribution in [3.63, 3.8) is 0 Å². The minimum Gasteiger partial charge on any atom is -0.370 e. The standard InChI is InChI=1S/C21H28N4O2S.HI/c1-16-9-10-19(13-17(16)2)24-21(22)23-15-18-7-6-8-20(14-18)28(26,27)25-11-4-3-5-12-25;/h6-10,13-14H,3-5,11-12,15H2,1-2H3,(H3,22,23,24);1H. The van der Waals surface area contributed by atoms with Crippen LogP contribution in [-0.2, 0) is 16.6 Å². The van der Waals surface area contributed by atoms with Crippen molar-refractivity contribution in [1.29, 1.82) is 0 Å². The summed E-state index contributed by atoms with van der Waals surface area (Å²) in [5, 5.41) is 3.08. The number of halogens is 1. The maximum atomic E-state index is 12.8. The van der Waals surface area contributed by atoms with Gasteiger partial charge in [-0.05, 0) is 67.6 Å². The Balaban J connectivity index is 0.00000300. The molecule has 1 saturated heterocycles. The summed E-state index contributed by atoms with van der Waals surface area (Å²) >= 11 is 0. The molecule has 1 aliphatic heterocycles. The number of piperidine rings is 1. The van der Waals surface area contributed by atoms with Gasteiger partial charge in [0.25, 0.3) is 0 Å². The number of sulfonamides is 1. The van der Waals surface area contributed by atoms with E-state index in [0.717, 1.165) is 30.5 Å². The fraction of sp³-hybridized carbons (Fsp3) is 0.381. The molecule has 0 aliphatic carbocycles.